The van der Waals surface area contributed by atoms with E-state index in [1.165, 1.54) is 0 Å². The first-order valence-electron chi connectivity index (χ1n) is 10.4. The number of ketones is 1. The fraction of sp³-hybridized carbons (Fsp3) is 0.120. The summed E-state index contributed by atoms with van der Waals surface area (Å²) < 4.78 is 1.94. The number of hydrogen-bond acceptors (Lipinski definition) is 5. The summed E-state index contributed by atoms with van der Waals surface area (Å²) in [4.78, 5) is 25.8. The average molecular weight is 474 g/mol. The Kier molecular flexibility index (Phi) is 5.90. The van der Waals surface area contributed by atoms with Crippen molar-refractivity contribution in [3.05, 3.63) is 101 Å². The van der Waals surface area contributed by atoms with Crippen LogP contribution in [-0.2, 0) is 11.2 Å². The van der Waals surface area contributed by atoms with Crippen molar-refractivity contribution in [1.29, 1.82) is 0 Å². The molecule has 0 aliphatic heterocycles. The van der Waals surface area contributed by atoms with E-state index in [-0.39, 0.29) is 11.8 Å². The van der Waals surface area contributed by atoms with Gasteiger partial charge in [0, 0.05) is 58.6 Å². The molecule has 8 heteroatoms. The van der Waals surface area contributed by atoms with E-state index in [1.807, 2.05) is 59.5 Å². The van der Waals surface area contributed by atoms with Crippen LogP contribution in [0.3, 0.4) is 0 Å². The Bertz CT molecular complexity index is 1370. The van der Waals surface area contributed by atoms with E-state index in [2.05, 4.69) is 26.1 Å². The molecule has 1 N–H and O–H groups in total. The third-order valence-electron chi connectivity index (χ3n) is 5.27. The number of rotatable bonds is 7. The number of nitrogens with one attached hydrogen (secondary N) is 1. The molecule has 1 aromatic carbocycles. The molecule has 6 nitrogen and oxygen atoms in total. The fourth-order valence-electron chi connectivity index (χ4n) is 3.86. The number of imidazole rings is 1. The number of benzene rings is 1. The van der Waals surface area contributed by atoms with E-state index in [0.29, 0.717) is 11.4 Å². The monoisotopic (exact) mass is 473 g/mol. The zero-order valence-corrected chi connectivity index (χ0v) is 19.3. The van der Waals surface area contributed by atoms with Crippen LogP contribution in [-0.4, -0.2) is 30.5 Å². The molecule has 0 saturated heterocycles. The van der Waals surface area contributed by atoms with Crippen molar-refractivity contribution in [2.24, 2.45) is 0 Å². The lowest BCUT2D eigenvalue weighted by Crippen LogP contribution is -2.13. The third-order valence-corrected chi connectivity index (χ3v) is 6.73. The van der Waals surface area contributed by atoms with Crippen molar-refractivity contribution >= 4 is 28.7 Å². The molecule has 0 aliphatic rings. The van der Waals surface area contributed by atoms with Crippen molar-refractivity contribution in [1.82, 2.24) is 24.7 Å². The second-order valence-electron chi connectivity index (χ2n) is 7.69. The van der Waals surface area contributed by atoms with Gasteiger partial charge in [-0.2, -0.15) is 5.10 Å². The minimum atomic E-state index is -0.166. The van der Waals surface area contributed by atoms with Crippen molar-refractivity contribution in [3.63, 3.8) is 0 Å². The van der Waals surface area contributed by atoms with Crippen LogP contribution >= 0.6 is 22.9 Å². The van der Waals surface area contributed by atoms with Crippen LogP contribution in [0.25, 0.3) is 21.1 Å². The Balaban J connectivity index is 1.68. The number of nitrogens with zero attached hydrogens (tertiary/aromatic N) is 4. The quantitative estimate of drug-likeness (QED) is 0.323. The van der Waals surface area contributed by atoms with E-state index >= 15 is 0 Å². The number of aromatic nitrogens is 5. The smallest absolute Gasteiger partial charge is 0.147 e. The molecule has 4 heterocycles. The number of carbonyl (C=O) groups excluding carboxylic acids is 1. The summed E-state index contributed by atoms with van der Waals surface area (Å²) in [6.45, 7) is 1.58. The van der Waals surface area contributed by atoms with Crippen LogP contribution in [0.4, 0.5) is 0 Å². The Hall–Kier alpha value is -3.55. The molecular formula is C25H20ClN5OS. The highest BCUT2D eigenvalue weighted by Crippen LogP contribution is 2.42. The van der Waals surface area contributed by atoms with Gasteiger partial charge in [-0.05, 0) is 54.4 Å². The van der Waals surface area contributed by atoms with Gasteiger partial charge in [0.15, 0.2) is 0 Å². The predicted molar refractivity (Wildman–Crippen MR) is 130 cm³/mol. The van der Waals surface area contributed by atoms with Gasteiger partial charge >= 0.3 is 0 Å². The molecule has 0 saturated carbocycles. The molecule has 0 amide bonds. The summed E-state index contributed by atoms with van der Waals surface area (Å²) in [5.74, 6) is 0.884. The first-order chi connectivity index (χ1) is 16.1. The van der Waals surface area contributed by atoms with Gasteiger partial charge in [-0.25, -0.2) is 4.98 Å². The van der Waals surface area contributed by atoms with E-state index < -0.39 is 0 Å². The molecule has 0 aliphatic carbocycles. The summed E-state index contributed by atoms with van der Waals surface area (Å²) in [5.41, 5.74) is 3.91. The molecule has 0 radical (unpaired) electrons. The number of halogens is 1. The third kappa shape index (κ3) is 4.51. The summed E-state index contributed by atoms with van der Waals surface area (Å²) in [6.07, 6.45) is 9.38. The van der Waals surface area contributed by atoms with E-state index in [0.717, 1.165) is 38.0 Å². The SMILES string of the molecule is CC(=O)Cc1cc(-c2cc(C(c3ccc(Cl)cc3)n3cccn3)c(-c3ncc[nH]3)s2)ccn1. The molecule has 0 bridgehead atoms. The molecule has 33 heavy (non-hydrogen) atoms. The van der Waals surface area contributed by atoms with Crippen LogP contribution in [0.5, 0.6) is 0 Å². The molecule has 5 aromatic rings. The standard InChI is InChI=1S/C25H20ClN5OS/c1-16(32)13-20-14-18(7-9-27-20)22-15-21(24(33-22)25-28-10-11-29-25)23(31-12-2-8-30-31)17-3-5-19(26)6-4-17/h2-12,14-15,23H,13H2,1H3,(H,28,29). The normalized spacial score (nSPS) is 12.1. The van der Waals surface area contributed by atoms with Gasteiger partial charge < -0.3 is 4.98 Å². The van der Waals surface area contributed by atoms with Crippen molar-refractivity contribution in [2.75, 3.05) is 0 Å². The molecule has 5 rings (SSSR count). The molecule has 1 atom stereocenters. The Morgan fingerprint density at radius 3 is 2.67 bits per heavy atom. The number of hydrogen-bond donors (Lipinski definition) is 1. The largest absolute Gasteiger partial charge is 0.344 e. The number of aromatic amines is 1. The summed E-state index contributed by atoms with van der Waals surface area (Å²) in [7, 11) is 0. The summed E-state index contributed by atoms with van der Waals surface area (Å²) in [6, 6.07) is 15.7. The number of pyridine rings is 1. The van der Waals surface area contributed by atoms with Crippen LogP contribution < -0.4 is 0 Å². The minimum absolute atomic E-state index is 0.0873. The lowest BCUT2D eigenvalue weighted by molar-refractivity contribution is -0.116. The number of thiophene rings is 1. The van der Waals surface area contributed by atoms with Gasteiger partial charge in [0.2, 0.25) is 0 Å². The van der Waals surface area contributed by atoms with E-state index in [4.69, 9.17) is 11.6 Å². The number of carbonyl (C=O) groups is 1. The highest BCUT2D eigenvalue weighted by atomic mass is 35.5. The van der Waals surface area contributed by atoms with Gasteiger partial charge in [0.05, 0.1) is 4.88 Å². The van der Waals surface area contributed by atoms with E-state index in [9.17, 15) is 4.79 Å². The summed E-state index contributed by atoms with van der Waals surface area (Å²) in [5, 5.41) is 5.24. The maximum Gasteiger partial charge on any atom is 0.147 e. The van der Waals surface area contributed by atoms with Crippen LogP contribution in [0.15, 0.2) is 79.5 Å². The second kappa shape index (κ2) is 9.13. The van der Waals surface area contributed by atoms with Gasteiger partial charge in [0.25, 0.3) is 0 Å². The lowest BCUT2D eigenvalue weighted by atomic mass is 9.98. The molecule has 0 spiro atoms. The molecule has 0 fully saturated rings. The van der Waals surface area contributed by atoms with Crippen LogP contribution in [0.1, 0.15) is 29.8 Å². The molecule has 164 valence electrons. The first kappa shape index (κ1) is 21.3. The summed E-state index contributed by atoms with van der Waals surface area (Å²) >= 11 is 7.82. The van der Waals surface area contributed by atoms with Crippen molar-refractivity contribution in [2.45, 2.75) is 19.4 Å². The minimum Gasteiger partial charge on any atom is -0.344 e. The van der Waals surface area contributed by atoms with Gasteiger partial charge in [0.1, 0.15) is 17.6 Å². The predicted octanol–water partition coefficient (Wildman–Crippen LogP) is 5.82. The first-order valence-corrected chi connectivity index (χ1v) is 11.6. The van der Waals surface area contributed by atoms with Gasteiger partial charge in [-0.15, -0.1) is 11.3 Å². The number of Topliss-reactive ketones (excluding diaryl/α,β-unsaturated/α-hetero) is 1. The molecule has 4 aromatic heterocycles. The zero-order chi connectivity index (χ0) is 22.8. The maximum atomic E-state index is 11.6. The van der Waals surface area contributed by atoms with Crippen LogP contribution in [0.2, 0.25) is 5.02 Å². The van der Waals surface area contributed by atoms with Gasteiger partial charge in [-0.3, -0.25) is 14.5 Å². The second-order valence-corrected chi connectivity index (χ2v) is 9.18. The Morgan fingerprint density at radius 2 is 1.97 bits per heavy atom. The van der Waals surface area contributed by atoms with Crippen molar-refractivity contribution < 1.29 is 4.79 Å². The topological polar surface area (TPSA) is 76.5 Å². The number of H-pyrrole nitrogens is 1. The average Bonchev–Trinajstić information content (AvgIpc) is 3.57. The van der Waals surface area contributed by atoms with Crippen molar-refractivity contribution in [3.8, 4) is 21.1 Å². The maximum absolute atomic E-state index is 11.6. The highest BCUT2D eigenvalue weighted by molar-refractivity contribution is 7.19. The lowest BCUT2D eigenvalue weighted by Gasteiger charge is -2.19. The molecular weight excluding hydrogens is 454 g/mol. The van der Waals surface area contributed by atoms with Gasteiger partial charge in [-0.1, -0.05) is 23.7 Å². The zero-order valence-electron chi connectivity index (χ0n) is 17.8. The Labute approximate surface area is 199 Å². The molecule has 1 unspecified atom stereocenters. The highest BCUT2D eigenvalue weighted by Gasteiger charge is 2.25. The van der Waals surface area contributed by atoms with Crippen LogP contribution in [0, 0.1) is 0 Å². The Morgan fingerprint density at radius 1 is 1.12 bits per heavy atom. The fourth-order valence-corrected chi connectivity index (χ4v) is 5.13. The van der Waals surface area contributed by atoms with E-state index in [1.54, 1.807) is 36.9 Å².